The summed E-state index contributed by atoms with van der Waals surface area (Å²) in [4.78, 5) is 24.8. The number of hydrogen-bond donors (Lipinski definition) is 0. The van der Waals surface area contributed by atoms with Crippen LogP contribution in [-0.2, 0) is 12.8 Å². The summed E-state index contributed by atoms with van der Waals surface area (Å²) < 4.78 is 5.57. The minimum absolute atomic E-state index is 0.0192. The van der Waals surface area contributed by atoms with Crippen LogP contribution in [0.15, 0.2) is 42.5 Å². The van der Waals surface area contributed by atoms with E-state index in [-0.39, 0.29) is 24.4 Å². The van der Waals surface area contributed by atoms with Crippen LogP contribution in [0.1, 0.15) is 58.0 Å². The van der Waals surface area contributed by atoms with Crippen LogP contribution in [0.4, 0.5) is 0 Å². The summed E-state index contributed by atoms with van der Waals surface area (Å²) in [5.41, 5.74) is 3.55. The molecule has 3 heteroatoms. The molecule has 2 aromatic rings. The minimum atomic E-state index is 0.0192. The number of ketones is 2. The molecule has 0 atom stereocenters. The first-order valence-electron chi connectivity index (χ1n) is 8.59. The Morgan fingerprint density at radius 1 is 1.04 bits per heavy atom. The van der Waals surface area contributed by atoms with Crippen molar-refractivity contribution in [2.75, 3.05) is 6.61 Å². The number of hydrogen-bond acceptors (Lipinski definition) is 3. The maximum Gasteiger partial charge on any atom is 0.163 e. The normalized spacial score (nSPS) is 13.0. The van der Waals surface area contributed by atoms with Crippen molar-refractivity contribution in [3.05, 3.63) is 64.7 Å². The highest BCUT2D eigenvalue weighted by Gasteiger charge is 2.16. The molecule has 2 aromatic carbocycles. The van der Waals surface area contributed by atoms with E-state index in [1.807, 2.05) is 43.3 Å². The molecule has 0 saturated carbocycles. The fraction of sp³-hybridized carbons (Fsp3) is 0.333. The molecule has 0 aromatic heterocycles. The smallest absolute Gasteiger partial charge is 0.163 e. The van der Waals surface area contributed by atoms with E-state index in [0.29, 0.717) is 5.56 Å². The zero-order chi connectivity index (χ0) is 16.9. The van der Waals surface area contributed by atoms with E-state index in [4.69, 9.17) is 4.74 Å². The van der Waals surface area contributed by atoms with Gasteiger partial charge in [-0.15, -0.1) is 0 Å². The highest BCUT2D eigenvalue weighted by molar-refractivity contribution is 6.02. The second-order valence-corrected chi connectivity index (χ2v) is 6.13. The molecule has 0 spiro atoms. The van der Waals surface area contributed by atoms with E-state index in [9.17, 15) is 9.59 Å². The number of Topliss-reactive ketones (excluding diaryl/α,β-unsaturated/α-hetero) is 2. The van der Waals surface area contributed by atoms with Gasteiger partial charge in [0.2, 0.25) is 0 Å². The maximum absolute atomic E-state index is 12.4. The Balaban J connectivity index is 1.66. The van der Waals surface area contributed by atoms with Crippen LogP contribution in [0.3, 0.4) is 0 Å². The molecule has 0 fully saturated rings. The van der Waals surface area contributed by atoms with Crippen LogP contribution < -0.4 is 4.74 Å². The Labute approximate surface area is 142 Å². The molecule has 24 heavy (non-hydrogen) atoms. The summed E-state index contributed by atoms with van der Waals surface area (Å²) in [5.74, 6) is 0.943. The molecule has 0 bridgehead atoms. The summed E-state index contributed by atoms with van der Waals surface area (Å²) in [6, 6.07) is 13.2. The van der Waals surface area contributed by atoms with Gasteiger partial charge in [-0.25, -0.2) is 0 Å². The van der Waals surface area contributed by atoms with Gasteiger partial charge in [0.25, 0.3) is 0 Å². The molecule has 1 aliphatic heterocycles. The summed E-state index contributed by atoms with van der Waals surface area (Å²) in [6.07, 6.45) is 3.25. The van der Waals surface area contributed by atoms with Crippen LogP contribution in [-0.4, -0.2) is 18.2 Å². The van der Waals surface area contributed by atoms with Crippen molar-refractivity contribution in [2.45, 2.75) is 39.0 Å². The van der Waals surface area contributed by atoms with Gasteiger partial charge in [0.05, 0.1) is 6.61 Å². The van der Waals surface area contributed by atoms with E-state index in [0.717, 1.165) is 48.3 Å². The maximum atomic E-state index is 12.4. The monoisotopic (exact) mass is 322 g/mol. The third-order valence-corrected chi connectivity index (χ3v) is 4.51. The van der Waals surface area contributed by atoms with Gasteiger partial charge < -0.3 is 4.74 Å². The first-order valence-corrected chi connectivity index (χ1v) is 8.59. The van der Waals surface area contributed by atoms with Crippen LogP contribution in [0.25, 0.3) is 0 Å². The van der Waals surface area contributed by atoms with Crippen LogP contribution >= 0.6 is 0 Å². The van der Waals surface area contributed by atoms with Crippen molar-refractivity contribution in [3.8, 4) is 5.75 Å². The predicted octanol–water partition coefficient (Wildman–Crippen LogP) is 4.42. The van der Waals surface area contributed by atoms with Crippen molar-refractivity contribution < 1.29 is 14.3 Å². The SMILES string of the molecule is CCc1ccccc1C(=O)CCC(=O)c1ccc2c(c1)CCCO2. The van der Waals surface area contributed by atoms with E-state index in [1.54, 1.807) is 6.07 Å². The van der Waals surface area contributed by atoms with E-state index >= 15 is 0 Å². The lowest BCUT2D eigenvalue weighted by atomic mass is 9.96. The van der Waals surface area contributed by atoms with Crippen molar-refractivity contribution >= 4 is 11.6 Å². The molecule has 1 heterocycles. The number of aryl methyl sites for hydroxylation is 2. The Bertz CT molecular complexity index is 761. The van der Waals surface area contributed by atoms with Crippen molar-refractivity contribution in [2.24, 2.45) is 0 Å². The number of fused-ring (bicyclic) bond motifs is 1. The fourth-order valence-corrected chi connectivity index (χ4v) is 3.14. The highest BCUT2D eigenvalue weighted by atomic mass is 16.5. The Morgan fingerprint density at radius 2 is 1.83 bits per heavy atom. The summed E-state index contributed by atoms with van der Waals surface area (Å²) >= 11 is 0. The molecule has 0 amide bonds. The van der Waals surface area contributed by atoms with E-state index in [2.05, 4.69) is 0 Å². The summed E-state index contributed by atoms with van der Waals surface area (Å²) in [5, 5.41) is 0. The van der Waals surface area contributed by atoms with Crippen molar-refractivity contribution in [1.29, 1.82) is 0 Å². The standard InChI is InChI=1S/C21H22O3/c1-2-15-6-3-4-8-18(15)20(23)11-10-19(22)16-9-12-21-17(14-16)7-5-13-24-21/h3-4,6,8-9,12,14H,2,5,7,10-11,13H2,1H3. The van der Waals surface area contributed by atoms with Crippen molar-refractivity contribution in [3.63, 3.8) is 0 Å². The zero-order valence-corrected chi connectivity index (χ0v) is 14.0. The third kappa shape index (κ3) is 3.56. The van der Waals surface area contributed by atoms with E-state index < -0.39 is 0 Å². The first-order chi connectivity index (χ1) is 11.7. The highest BCUT2D eigenvalue weighted by Crippen LogP contribution is 2.26. The number of ether oxygens (including phenoxy) is 1. The van der Waals surface area contributed by atoms with Crippen LogP contribution in [0, 0.1) is 0 Å². The summed E-state index contributed by atoms with van der Waals surface area (Å²) in [7, 11) is 0. The number of carbonyl (C=O) groups excluding carboxylic acids is 2. The molecule has 0 unspecified atom stereocenters. The van der Waals surface area contributed by atoms with Crippen LogP contribution in [0.2, 0.25) is 0 Å². The molecule has 0 radical (unpaired) electrons. The van der Waals surface area contributed by atoms with Gasteiger partial charge in [-0.3, -0.25) is 9.59 Å². The second-order valence-electron chi connectivity index (χ2n) is 6.13. The Hall–Kier alpha value is -2.42. The molecule has 0 N–H and O–H groups in total. The second kappa shape index (κ2) is 7.43. The van der Waals surface area contributed by atoms with E-state index in [1.165, 1.54) is 0 Å². The third-order valence-electron chi connectivity index (χ3n) is 4.51. The number of rotatable bonds is 6. The average molecular weight is 322 g/mol. The predicted molar refractivity (Wildman–Crippen MR) is 94.0 cm³/mol. The van der Waals surface area contributed by atoms with Gasteiger partial charge in [0, 0.05) is 24.0 Å². The molecule has 1 aliphatic rings. The van der Waals surface area contributed by atoms with Gasteiger partial charge in [-0.2, -0.15) is 0 Å². The molecular weight excluding hydrogens is 300 g/mol. The molecule has 3 nitrogen and oxygen atoms in total. The van der Waals surface area contributed by atoms with Crippen molar-refractivity contribution in [1.82, 2.24) is 0 Å². The first kappa shape index (κ1) is 16.4. The Morgan fingerprint density at radius 3 is 2.67 bits per heavy atom. The lowest BCUT2D eigenvalue weighted by Gasteiger charge is -2.17. The zero-order valence-electron chi connectivity index (χ0n) is 14.0. The number of benzene rings is 2. The van der Waals surface area contributed by atoms with Crippen LogP contribution in [0.5, 0.6) is 5.75 Å². The van der Waals surface area contributed by atoms with Gasteiger partial charge in [0.1, 0.15) is 5.75 Å². The van der Waals surface area contributed by atoms with Gasteiger partial charge in [0.15, 0.2) is 11.6 Å². The summed E-state index contributed by atoms with van der Waals surface area (Å²) in [6.45, 7) is 2.78. The quantitative estimate of drug-likeness (QED) is 0.739. The topological polar surface area (TPSA) is 43.4 Å². The minimum Gasteiger partial charge on any atom is -0.493 e. The van der Waals surface area contributed by atoms with Gasteiger partial charge >= 0.3 is 0 Å². The fourth-order valence-electron chi connectivity index (χ4n) is 3.14. The lowest BCUT2D eigenvalue weighted by molar-refractivity contribution is 0.0917. The van der Waals surface area contributed by atoms with Gasteiger partial charge in [-0.05, 0) is 48.6 Å². The largest absolute Gasteiger partial charge is 0.493 e. The molecular formula is C21H22O3. The Kier molecular flexibility index (Phi) is 5.09. The molecule has 0 saturated heterocycles. The number of carbonyl (C=O) groups is 2. The molecule has 0 aliphatic carbocycles. The lowest BCUT2D eigenvalue weighted by Crippen LogP contribution is -2.11. The average Bonchev–Trinajstić information content (AvgIpc) is 2.65. The molecule has 124 valence electrons. The van der Waals surface area contributed by atoms with Gasteiger partial charge in [-0.1, -0.05) is 31.2 Å². The molecule has 3 rings (SSSR count).